The minimum absolute atomic E-state index is 0.00390. The highest BCUT2D eigenvalue weighted by molar-refractivity contribution is 7.99. The van der Waals surface area contributed by atoms with Crippen LogP contribution in [0.25, 0.3) is 5.69 Å². The average Bonchev–Trinajstić information content (AvgIpc) is 3.69. The van der Waals surface area contributed by atoms with E-state index in [0.29, 0.717) is 21.5 Å². The molecule has 0 unspecified atom stereocenters. The topological polar surface area (TPSA) is 158 Å². The van der Waals surface area contributed by atoms with Crippen LogP contribution in [0.2, 0.25) is 0 Å². The number of amides is 2. The van der Waals surface area contributed by atoms with Gasteiger partial charge in [0.1, 0.15) is 5.00 Å². The molecule has 0 atom stereocenters. The predicted octanol–water partition coefficient (Wildman–Crippen LogP) is 4.87. The lowest BCUT2D eigenvalue weighted by Crippen LogP contribution is -2.24. The number of carbonyl (C=O) groups is 3. The molecule has 1 aliphatic rings. The number of benzene rings is 2. The van der Waals surface area contributed by atoms with Crippen molar-refractivity contribution in [2.24, 2.45) is 0 Å². The highest BCUT2D eigenvalue weighted by Crippen LogP contribution is 2.39. The molecule has 12 nitrogen and oxygen atoms in total. The molecule has 222 valence electrons. The van der Waals surface area contributed by atoms with Gasteiger partial charge in [-0.25, -0.2) is 4.79 Å². The molecule has 2 aromatic carbocycles. The number of thioether (sulfide) groups is 1. The third-order valence-corrected chi connectivity index (χ3v) is 8.83. The van der Waals surface area contributed by atoms with Gasteiger partial charge >= 0.3 is 5.97 Å². The molecule has 0 fully saturated rings. The summed E-state index contributed by atoms with van der Waals surface area (Å²) in [6.07, 6.45) is 2.64. The molecule has 0 aliphatic heterocycles. The second-order valence-corrected chi connectivity index (χ2v) is 11.7. The van der Waals surface area contributed by atoms with Gasteiger partial charge in [-0.2, -0.15) is 0 Å². The Hall–Kier alpha value is -4.56. The van der Waals surface area contributed by atoms with E-state index in [0.717, 1.165) is 41.0 Å². The SMILES string of the molecule is CCOC(=O)c1c(NC(=O)CSc2nnc(CNC(=O)c3ccc([N+](=O)[O-])cc3)n2-c2cccc(C)c2)sc2c1CCC2. The molecule has 2 aromatic heterocycles. The van der Waals surface area contributed by atoms with Crippen LogP contribution in [0.15, 0.2) is 53.7 Å². The predicted molar refractivity (Wildman–Crippen MR) is 162 cm³/mol. The highest BCUT2D eigenvalue weighted by atomic mass is 32.2. The van der Waals surface area contributed by atoms with Gasteiger partial charge in [0, 0.05) is 28.3 Å². The molecule has 1 aliphatic carbocycles. The number of rotatable bonds is 11. The monoisotopic (exact) mass is 620 g/mol. The molecule has 14 heteroatoms. The number of fused-ring (bicyclic) bond motifs is 1. The number of aromatic nitrogens is 3. The van der Waals surface area contributed by atoms with Gasteiger partial charge in [0.15, 0.2) is 11.0 Å². The summed E-state index contributed by atoms with van der Waals surface area (Å²) in [5, 5.41) is 26.1. The molecule has 2 N–H and O–H groups in total. The Morgan fingerprint density at radius 2 is 1.93 bits per heavy atom. The Balaban J connectivity index is 1.31. The lowest BCUT2D eigenvalue weighted by Gasteiger charge is -2.12. The van der Waals surface area contributed by atoms with Crippen LogP contribution >= 0.6 is 23.1 Å². The van der Waals surface area contributed by atoms with E-state index >= 15 is 0 Å². The molecule has 0 bridgehead atoms. The molecule has 0 spiro atoms. The van der Waals surface area contributed by atoms with Crippen molar-refractivity contribution in [3.63, 3.8) is 0 Å². The number of ether oxygens (including phenoxy) is 1. The molecule has 5 rings (SSSR count). The Morgan fingerprint density at radius 3 is 2.65 bits per heavy atom. The van der Waals surface area contributed by atoms with Crippen molar-refractivity contribution in [2.45, 2.75) is 44.8 Å². The van der Waals surface area contributed by atoms with Gasteiger partial charge in [-0.15, -0.1) is 21.5 Å². The molecule has 43 heavy (non-hydrogen) atoms. The summed E-state index contributed by atoms with van der Waals surface area (Å²) in [6.45, 7) is 3.97. The van der Waals surface area contributed by atoms with Gasteiger partial charge in [0.05, 0.1) is 29.4 Å². The van der Waals surface area contributed by atoms with Crippen molar-refractivity contribution in [3.8, 4) is 5.69 Å². The Bertz CT molecular complexity index is 1700. The number of aryl methyl sites for hydroxylation is 2. The number of nitrogens with zero attached hydrogens (tertiary/aromatic N) is 4. The van der Waals surface area contributed by atoms with Crippen molar-refractivity contribution < 1.29 is 24.0 Å². The number of nitro benzene ring substituents is 1. The third kappa shape index (κ3) is 6.75. The fraction of sp³-hybridized carbons (Fsp3) is 0.276. The second kappa shape index (κ2) is 13.2. The first-order valence-corrected chi connectivity index (χ1v) is 15.3. The van der Waals surface area contributed by atoms with E-state index < -0.39 is 16.8 Å². The van der Waals surface area contributed by atoms with Crippen LogP contribution in [0.4, 0.5) is 10.7 Å². The van der Waals surface area contributed by atoms with Crippen LogP contribution in [0.1, 0.15) is 55.9 Å². The van der Waals surface area contributed by atoms with Crippen LogP contribution in [-0.2, 0) is 28.9 Å². The quantitative estimate of drug-likeness (QED) is 0.103. The van der Waals surface area contributed by atoms with E-state index in [-0.39, 0.29) is 36.1 Å². The number of carbonyl (C=O) groups excluding carboxylic acids is 3. The van der Waals surface area contributed by atoms with Gasteiger partial charge in [-0.3, -0.25) is 24.3 Å². The normalized spacial score (nSPS) is 12.0. The first-order chi connectivity index (χ1) is 20.7. The molecule has 0 saturated heterocycles. The number of non-ortho nitro benzene ring substituents is 1. The zero-order chi connectivity index (χ0) is 30.5. The molecular weight excluding hydrogens is 592 g/mol. The number of esters is 1. The zero-order valence-electron chi connectivity index (χ0n) is 23.4. The van der Waals surface area contributed by atoms with Crippen LogP contribution in [0.5, 0.6) is 0 Å². The number of hydrogen-bond donors (Lipinski definition) is 2. The van der Waals surface area contributed by atoms with Crippen molar-refractivity contribution in [1.29, 1.82) is 0 Å². The molecule has 0 radical (unpaired) electrons. The maximum atomic E-state index is 13.1. The first kappa shape index (κ1) is 29.9. The van der Waals surface area contributed by atoms with E-state index in [1.165, 1.54) is 47.4 Å². The molecular formula is C29H28N6O6S2. The van der Waals surface area contributed by atoms with Gasteiger partial charge < -0.3 is 15.4 Å². The zero-order valence-corrected chi connectivity index (χ0v) is 25.0. The number of nitro groups is 1. The Morgan fingerprint density at radius 1 is 1.14 bits per heavy atom. The lowest BCUT2D eigenvalue weighted by molar-refractivity contribution is -0.384. The molecule has 2 heterocycles. The maximum absolute atomic E-state index is 13.1. The van der Waals surface area contributed by atoms with Crippen molar-refractivity contribution >= 4 is 51.6 Å². The minimum Gasteiger partial charge on any atom is -0.462 e. The van der Waals surface area contributed by atoms with E-state index in [2.05, 4.69) is 20.8 Å². The van der Waals surface area contributed by atoms with Gasteiger partial charge in [-0.05, 0) is 68.5 Å². The summed E-state index contributed by atoms with van der Waals surface area (Å²) in [7, 11) is 0. The van der Waals surface area contributed by atoms with Crippen molar-refractivity contribution in [2.75, 3.05) is 17.7 Å². The smallest absolute Gasteiger partial charge is 0.341 e. The van der Waals surface area contributed by atoms with E-state index in [4.69, 9.17) is 4.74 Å². The summed E-state index contributed by atoms with van der Waals surface area (Å²) < 4.78 is 7.02. The minimum atomic E-state index is -0.530. The van der Waals surface area contributed by atoms with Crippen LogP contribution in [0, 0.1) is 17.0 Å². The first-order valence-electron chi connectivity index (χ1n) is 13.5. The van der Waals surface area contributed by atoms with Crippen LogP contribution < -0.4 is 10.6 Å². The van der Waals surface area contributed by atoms with Crippen molar-refractivity contribution in [1.82, 2.24) is 20.1 Å². The maximum Gasteiger partial charge on any atom is 0.341 e. The standard InChI is InChI=1S/C29H28N6O6S2/c1-3-41-28(38)25-21-8-5-9-22(21)43-27(25)31-24(36)16-42-29-33-32-23(34(29)20-7-4-6-17(2)14-20)15-30-26(37)18-10-12-19(13-11-18)35(39)40/h4,6-7,10-14H,3,5,8-9,15-16H2,1-2H3,(H,30,37)(H,31,36). The highest BCUT2D eigenvalue weighted by Gasteiger charge is 2.28. The number of nitrogens with one attached hydrogen (secondary N) is 2. The molecule has 4 aromatic rings. The number of anilines is 1. The van der Waals surface area contributed by atoms with Gasteiger partial charge in [0.25, 0.3) is 11.6 Å². The Kier molecular flexibility index (Phi) is 9.16. The second-order valence-electron chi connectivity index (χ2n) is 9.68. The fourth-order valence-electron chi connectivity index (χ4n) is 4.73. The van der Waals surface area contributed by atoms with Crippen LogP contribution in [0.3, 0.4) is 0 Å². The summed E-state index contributed by atoms with van der Waals surface area (Å²) >= 11 is 2.59. The number of hydrogen-bond acceptors (Lipinski definition) is 10. The summed E-state index contributed by atoms with van der Waals surface area (Å²) in [5.41, 5.74) is 3.32. The van der Waals surface area contributed by atoms with Crippen LogP contribution in [-0.4, -0.2) is 49.8 Å². The average molecular weight is 621 g/mol. The summed E-state index contributed by atoms with van der Waals surface area (Å²) in [4.78, 5) is 50.0. The fourth-order valence-corrected chi connectivity index (χ4v) is 6.80. The Labute approximate surface area is 255 Å². The van der Waals surface area contributed by atoms with E-state index in [1.54, 1.807) is 11.5 Å². The molecule has 2 amide bonds. The largest absolute Gasteiger partial charge is 0.462 e. The van der Waals surface area contributed by atoms with Gasteiger partial charge in [-0.1, -0.05) is 23.9 Å². The third-order valence-electron chi connectivity index (χ3n) is 6.69. The lowest BCUT2D eigenvalue weighted by atomic mass is 10.1. The van der Waals surface area contributed by atoms with E-state index in [1.807, 2.05) is 31.2 Å². The van der Waals surface area contributed by atoms with Crippen molar-refractivity contribution in [3.05, 3.63) is 91.6 Å². The van der Waals surface area contributed by atoms with Gasteiger partial charge in [0.2, 0.25) is 5.91 Å². The summed E-state index contributed by atoms with van der Waals surface area (Å²) in [6, 6.07) is 13.0. The van der Waals surface area contributed by atoms with E-state index in [9.17, 15) is 24.5 Å². The number of thiophene rings is 1. The molecule has 0 saturated carbocycles. The summed E-state index contributed by atoms with van der Waals surface area (Å²) in [5.74, 6) is -0.721.